The van der Waals surface area contributed by atoms with Crippen molar-refractivity contribution in [2.75, 3.05) is 19.8 Å². The first-order valence-electron chi connectivity index (χ1n) is 25.9. The van der Waals surface area contributed by atoms with Gasteiger partial charge in [0.1, 0.15) is 12.6 Å². The SMILES string of the molecule is CCCCCCCCC/C=C\CCCCCCCCCC(=O)OCC(COP(=O)(O)OCC(N)C(=O)O)OC(=O)CCCCCCCCCCC/C=C\CCCCCCCCCC. The Morgan fingerprint density at radius 3 is 1.16 bits per heavy atom. The van der Waals surface area contributed by atoms with Crippen LogP contribution in [0.4, 0.5) is 0 Å². The summed E-state index contributed by atoms with van der Waals surface area (Å²) in [4.78, 5) is 46.2. The van der Waals surface area contributed by atoms with Gasteiger partial charge in [-0.2, -0.15) is 0 Å². The molecule has 0 aromatic heterocycles. The summed E-state index contributed by atoms with van der Waals surface area (Å²) in [5.41, 5.74) is 5.35. The zero-order valence-corrected chi connectivity index (χ0v) is 41.3. The van der Waals surface area contributed by atoms with Gasteiger partial charge in [0.2, 0.25) is 0 Å². The van der Waals surface area contributed by atoms with Gasteiger partial charge in [0.25, 0.3) is 0 Å². The number of carboxylic acid groups (broad SMARTS) is 1. The number of hydrogen-bond donors (Lipinski definition) is 3. The van der Waals surface area contributed by atoms with Gasteiger partial charge in [-0.05, 0) is 64.2 Å². The van der Waals surface area contributed by atoms with Gasteiger partial charge in [-0.3, -0.25) is 23.4 Å². The molecule has 11 nitrogen and oxygen atoms in total. The third-order valence-corrected chi connectivity index (χ3v) is 12.4. The van der Waals surface area contributed by atoms with Gasteiger partial charge in [-0.25, -0.2) is 4.57 Å². The lowest BCUT2D eigenvalue weighted by Gasteiger charge is -2.20. The molecule has 0 aromatic rings. The Bertz CT molecular complexity index is 1160. The lowest BCUT2D eigenvalue weighted by atomic mass is 10.1. The van der Waals surface area contributed by atoms with Gasteiger partial charge in [0.15, 0.2) is 6.10 Å². The molecule has 0 aliphatic heterocycles. The van der Waals surface area contributed by atoms with E-state index in [1.54, 1.807) is 0 Å². The van der Waals surface area contributed by atoms with Crippen LogP contribution in [-0.2, 0) is 37.5 Å². The molecule has 3 atom stereocenters. The molecule has 0 saturated heterocycles. The third-order valence-electron chi connectivity index (χ3n) is 11.4. The van der Waals surface area contributed by atoms with Crippen molar-refractivity contribution in [3.63, 3.8) is 0 Å². The maximum absolute atomic E-state index is 12.7. The molecule has 0 heterocycles. The maximum atomic E-state index is 12.7. The van der Waals surface area contributed by atoms with Crippen LogP contribution >= 0.6 is 7.82 Å². The minimum Gasteiger partial charge on any atom is -0.480 e. The van der Waals surface area contributed by atoms with E-state index in [-0.39, 0.29) is 19.4 Å². The molecular weight excluding hydrogens is 818 g/mol. The average molecular weight is 914 g/mol. The van der Waals surface area contributed by atoms with Crippen LogP contribution in [0.25, 0.3) is 0 Å². The van der Waals surface area contributed by atoms with Crippen molar-refractivity contribution in [3.05, 3.63) is 24.3 Å². The summed E-state index contributed by atoms with van der Waals surface area (Å²) in [6, 6.07) is -1.52. The standard InChI is InChI=1S/C51H96NO10P/c1-3-5-7-9-11-13-15-17-19-21-23-24-25-27-29-31-33-35-37-39-41-43-50(54)62-47(45-60-63(57,58)61-46-48(52)51(55)56)44-59-49(53)42-40-38-36-34-32-30-28-26-22-20-18-16-14-12-10-8-6-4-2/h20-23,47-48H,3-19,24-46,52H2,1-2H3,(H,55,56)(H,57,58)/b22-20-,23-21-. The predicted molar refractivity (Wildman–Crippen MR) is 259 cm³/mol. The van der Waals surface area contributed by atoms with E-state index in [1.165, 1.54) is 167 Å². The van der Waals surface area contributed by atoms with Gasteiger partial charge >= 0.3 is 25.7 Å². The second-order valence-electron chi connectivity index (χ2n) is 17.7. The van der Waals surface area contributed by atoms with Gasteiger partial charge in [-0.1, -0.05) is 199 Å². The van der Waals surface area contributed by atoms with Crippen LogP contribution in [0.5, 0.6) is 0 Å². The summed E-state index contributed by atoms with van der Waals surface area (Å²) in [6.07, 6.45) is 50.9. The quantitative estimate of drug-likeness (QED) is 0.0230. The van der Waals surface area contributed by atoms with Crippen molar-refractivity contribution in [2.24, 2.45) is 5.73 Å². The second-order valence-corrected chi connectivity index (χ2v) is 19.1. The van der Waals surface area contributed by atoms with Crippen LogP contribution in [0.1, 0.15) is 251 Å². The summed E-state index contributed by atoms with van der Waals surface area (Å²) >= 11 is 0. The number of phosphoric acid groups is 1. The van der Waals surface area contributed by atoms with E-state index < -0.39 is 51.1 Å². The molecule has 0 rings (SSSR count). The van der Waals surface area contributed by atoms with Gasteiger partial charge in [-0.15, -0.1) is 0 Å². The Balaban J connectivity index is 4.23. The van der Waals surface area contributed by atoms with Gasteiger partial charge in [0, 0.05) is 12.8 Å². The minimum absolute atomic E-state index is 0.160. The molecule has 0 fully saturated rings. The lowest BCUT2D eigenvalue weighted by Crippen LogP contribution is -2.34. The largest absolute Gasteiger partial charge is 0.480 e. The van der Waals surface area contributed by atoms with Gasteiger partial charge in [0.05, 0.1) is 13.2 Å². The fourth-order valence-electron chi connectivity index (χ4n) is 7.35. The summed E-state index contributed by atoms with van der Waals surface area (Å²) in [5.74, 6) is -2.37. The fourth-order valence-corrected chi connectivity index (χ4v) is 8.13. The van der Waals surface area contributed by atoms with Crippen molar-refractivity contribution in [1.29, 1.82) is 0 Å². The van der Waals surface area contributed by atoms with E-state index in [1.807, 2.05) is 0 Å². The number of carboxylic acids is 1. The third kappa shape index (κ3) is 46.3. The van der Waals surface area contributed by atoms with Crippen LogP contribution in [0.15, 0.2) is 24.3 Å². The first-order chi connectivity index (χ1) is 30.6. The Labute approximate surface area is 385 Å². The molecule has 3 unspecified atom stereocenters. The number of unbranched alkanes of at least 4 members (excludes halogenated alkanes) is 31. The van der Waals surface area contributed by atoms with Crippen molar-refractivity contribution < 1.29 is 47.5 Å². The molecule has 4 N–H and O–H groups in total. The minimum atomic E-state index is -4.72. The number of hydrogen-bond acceptors (Lipinski definition) is 9. The lowest BCUT2D eigenvalue weighted by molar-refractivity contribution is -0.161. The average Bonchev–Trinajstić information content (AvgIpc) is 3.26. The monoisotopic (exact) mass is 914 g/mol. The number of allylic oxidation sites excluding steroid dienone is 4. The number of phosphoric ester groups is 1. The van der Waals surface area contributed by atoms with Crippen LogP contribution < -0.4 is 5.73 Å². The van der Waals surface area contributed by atoms with E-state index in [0.717, 1.165) is 44.9 Å². The van der Waals surface area contributed by atoms with Crippen LogP contribution in [-0.4, -0.2) is 59.9 Å². The molecule has 0 amide bonds. The van der Waals surface area contributed by atoms with E-state index >= 15 is 0 Å². The maximum Gasteiger partial charge on any atom is 0.472 e. The Morgan fingerprint density at radius 1 is 0.476 bits per heavy atom. The number of carbonyl (C=O) groups is 3. The molecule has 0 saturated carbocycles. The van der Waals surface area contributed by atoms with Crippen LogP contribution in [0.3, 0.4) is 0 Å². The Morgan fingerprint density at radius 2 is 0.794 bits per heavy atom. The van der Waals surface area contributed by atoms with Gasteiger partial charge < -0.3 is 25.2 Å². The van der Waals surface area contributed by atoms with E-state index in [9.17, 15) is 23.8 Å². The molecule has 0 aliphatic rings. The van der Waals surface area contributed by atoms with Crippen molar-refractivity contribution in [3.8, 4) is 0 Å². The Kier molecular flexibility index (Phi) is 45.0. The smallest absolute Gasteiger partial charge is 0.472 e. The number of carbonyl (C=O) groups excluding carboxylic acids is 2. The van der Waals surface area contributed by atoms with Crippen molar-refractivity contribution >= 4 is 25.7 Å². The topological polar surface area (TPSA) is 172 Å². The molecule has 12 heteroatoms. The highest BCUT2D eigenvalue weighted by atomic mass is 31.2. The number of aliphatic carboxylic acids is 1. The van der Waals surface area contributed by atoms with Crippen LogP contribution in [0, 0.1) is 0 Å². The molecule has 0 aliphatic carbocycles. The zero-order valence-electron chi connectivity index (χ0n) is 40.4. The molecule has 63 heavy (non-hydrogen) atoms. The Hall–Kier alpha value is -2.04. The predicted octanol–water partition coefficient (Wildman–Crippen LogP) is 14.6. The highest BCUT2D eigenvalue weighted by Gasteiger charge is 2.28. The molecule has 0 spiro atoms. The first-order valence-corrected chi connectivity index (χ1v) is 27.4. The summed E-state index contributed by atoms with van der Waals surface area (Å²) < 4.78 is 32.9. The summed E-state index contributed by atoms with van der Waals surface area (Å²) in [5, 5.41) is 8.92. The molecule has 370 valence electrons. The van der Waals surface area contributed by atoms with E-state index in [2.05, 4.69) is 42.7 Å². The zero-order chi connectivity index (χ0) is 46.3. The van der Waals surface area contributed by atoms with E-state index in [0.29, 0.717) is 12.8 Å². The van der Waals surface area contributed by atoms with E-state index in [4.69, 9.17) is 24.8 Å². The molecule has 0 radical (unpaired) electrons. The van der Waals surface area contributed by atoms with Crippen molar-refractivity contribution in [2.45, 2.75) is 264 Å². The number of ether oxygens (including phenoxy) is 2. The molecule has 0 aromatic carbocycles. The van der Waals surface area contributed by atoms with Crippen molar-refractivity contribution in [1.82, 2.24) is 0 Å². The first kappa shape index (κ1) is 61.0. The molecule has 0 bridgehead atoms. The highest BCUT2D eigenvalue weighted by molar-refractivity contribution is 7.47. The highest BCUT2D eigenvalue weighted by Crippen LogP contribution is 2.43. The molecular formula is C51H96NO10P. The van der Waals surface area contributed by atoms with Crippen LogP contribution in [0.2, 0.25) is 0 Å². The number of nitrogens with two attached hydrogens (primary N) is 1. The summed E-state index contributed by atoms with van der Waals surface area (Å²) in [7, 11) is -4.72. The second kappa shape index (κ2) is 46.5. The fraction of sp³-hybridized carbons (Fsp3) is 0.863. The number of esters is 2. The summed E-state index contributed by atoms with van der Waals surface area (Å²) in [6.45, 7) is 2.84. The normalized spacial score (nSPS) is 13.7. The number of rotatable bonds is 49.